The molecule has 1 aromatic rings. The molecule has 0 bridgehead atoms. The number of carbonyl (C=O) groups is 2. The number of rotatable bonds is 2. The van der Waals surface area contributed by atoms with Crippen LogP contribution in [0.5, 0.6) is 0 Å². The quantitative estimate of drug-likeness (QED) is 0.717. The first-order valence-electron chi connectivity index (χ1n) is 5.57. The molecule has 1 heterocycles. The van der Waals surface area contributed by atoms with Crippen LogP contribution in [0.25, 0.3) is 0 Å². The van der Waals surface area contributed by atoms with Crippen LogP contribution >= 0.6 is 0 Å². The molecule has 0 radical (unpaired) electrons. The first-order chi connectivity index (χ1) is 8.22. The summed E-state index contributed by atoms with van der Waals surface area (Å²) in [5.74, 6) is -0.273. The average molecular weight is 226 g/mol. The number of hydrogen-bond acceptors (Lipinski definition) is 3. The number of nitrogens with zero attached hydrogens (tertiary/aromatic N) is 2. The zero-order valence-electron chi connectivity index (χ0n) is 9.09. The monoisotopic (exact) mass is 226 g/mol. The van der Waals surface area contributed by atoms with Crippen molar-refractivity contribution in [3.63, 3.8) is 0 Å². The Morgan fingerprint density at radius 1 is 1.24 bits per heavy atom. The maximum absolute atomic E-state index is 12.0. The van der Waals surface area contributed by atoms with E-state index < -0.39 is 0 Å². The van der Waals surface area contributed by atoms with Crippen molar-refractivity contribution in [1.82, 2.24) is 4.90 Å². The molecule has 1 fully saturated rings. The summed E-state index contributed by atoms with van der Waals surface area (Å²) in [5, 5.41) is 8.72. The molecule has 2 aliphatic rings. The van der Waals surface area contributed by atoms with Gasteiger partial charge >= 0.3 is 0 Å². The van der Waals surface area contributed by atoms with Crippen LogP contribution in [0.2, 0.25) is 0 Å². The summed E-state index contributed by atoms with van der Waals surface area (Å²) in [5.41, 5.74) is 0.957. The van der Waals surface area contributed by atoms with Crippen molar-refractivity contribution in [2.75, 3.05) is 6.54 Å². The molecule has 0 spiro atoms. The Hall–Kier alpha value is -2.15. The molecule has 0 N–H and O–H groups in total. The van der Waals surface area contributed by atoms with Gasteiger partial charge in [-0.3, -0.25) is 14.5 Å². The molecular weight excluding hydrogens is 216 g/mol. The number of benzene rings is 1. The lowest BCUT2D eigenvalue weighted by atomic mass is 10.1. The van der Waals surface area contributed by atoms with E-state index in [0.717, 1.165) is 6.42 Å². The fourth-order valence-electron chi connectivity index (χ4n) is 2.25. The van der Waals surface area contributed by atoms with Crippen LogP contribution < -0.4 is 0 Å². The second-order valence-electron chi connectivity index (χ2n) is 4.50. The van der Waals surface area contributed by atoms with Gasteiger partial charge in [0.15, 0.2) is 0 Å². The average Bonchev–Trinajstić information content (AvgIpc) is 3.08. The highest BCUT2D eigenvalue weighted by atomic mass is 16.2. The molecule has 1 aliphatic heterocycles. The lowest BCUT2D eigenvalue weighted by Gasteiger charge is -2.12. The highest BCUT2D eigenvalue weighted by Gasteiger charge is 2.43. The molecule has 1 aromatic carbocycles. The van der Waals surface area contributed by atoms with Gasteiger partial charge in [0.1, 0.15) is 0 Å². The van der Waals surface area contributed by atoms with Gasteiger partial charge in [-0.15, -0.1) is 0 Å². The SMILES string of the molecule is N#CC1CC1CN1C(=O)c2ccccc2C1=O. The number of carbonyl (C=O) groups excluding carboxylic acids is 2. The van der Waals surface area contributed by atoms with Gasteiger partial charge in [0, 0.05) is 6.54 Å². The normalized spacial score (nSPS) is 25.7. The standard InChI is InChI=1S/C13H10N2O2/c14-6-8-5-9(8)7-15-12(16)10-3-1-2-4-11(10)13(15)17/h1-4,8-9H,5,7H2. The summed E-state index contributed by atoms with van der Waals surface area (Å²) in [6.07, 6.45) is 0.796. The van der Waals surface area contributed by atoms with Gasteiger partial charge in [0.2, 0.25) is 0 Å². The Balaban J connectivity index is 1.84. The fourth-order valence-corrected chi connectivity index (χ4v) is 2.25. The predicted octanol–water partition coefficient (Wildman–Crippen LogP) is 1.44. The number of hydrogen-bond donors (Lipinski definition) is 0. The number of fused-ring (bicyclic) bond motifs is 1. The van der Waals surface area contributed by atoms with E-state index in [4.69, 9.17) is 5.26 Å². The highest BCUT2D eigenvalue weighted by Crippen LogP contribution is 2.39. The van der Waals surface area contributed by atoms with Gasteiger partial charge in [-0.05, 0) is 24.5 Å². The van der Waals surface area contributed by atoms with Crippen LogP contribution in [-0.4, -0.2) is 23.3 Å². The maximum Gasteiger partial charge on any atom is 0.261 e. The molecule has 84 valence electrons. The first kappa shape index (κ1) is 10.0. The van der Waals surface area contributed by atoms with Gasteiger partial charge in [0.25, 0.3) is 11.8 Å². The molecule has 1 aliphatic carbocycles. The molecule has 2 unspecified atom stereocenters. The van der Waals surface area contributed by atoms with Crippen LogP contribution in [0.1, 0.15) is 27.1 Å². The third-order valence-corrected chi connectivity index (χ3v) is 3.38. The Bertz CT molecular complexity index is 524. The summed E-state index contributed by atoms with van der Waals surface area (Å²) in [6.45, 7) is 0.380. The van der Waals surface area contributed by atoms with Gasteiger partial charge in [-0.2, -0.15) is 5.26 Å². The summed E-state index contributed by atoms with van der Waals surface area (Å²) in [7, 11) is 0. The molecule has 0 aromatic heterocycles. The predicted molar refractivity (Wildman–Crippen MR) is 59.0 cm³/mol. The van der Waals surface area contributed by atoms with Crippen molar-refractivity contribution in [3.8, 4) is 6.07 Å². The van der Waals surface area contributed by atoms with E-state index in [2.05, 4.69) is 6.07 Å². The molecule has 2 amide bonds. The van der Waals surface area contributed by atoms with Gasteiger partial charge in [0.05, 0.1) is 23.1 Å². The first-order valence-corrected chi connectivity index (χ1v) is 5.57. The minimum atomic E-state index is -0.228. The van der Waals surface area contributed by atoms with E-state index >= 15 is 0 Å². The van der Waals surface area contributed by atoms with E-state index in [9.17, 15) is 9.59 Å². The van der Waals surface area contributed by atoms with Gasteiger partial charge in [-0.1, -0.05) is 12.1 Å². The summed E-state index contributed by atoms with van der Waals surface area (Å²) in [6, 6.07) is 9.01. The Morgan fingerprint density at radius 3 is 2.29 bits per heavy atom. The Kier molecular flexibility index (Phi) is 2.02. The van der Waals surface area contributed by atoms with Gasteiger partial charge in [-0.25, -0.2) is 0 Å². The fraction of sp³-hybridized carbons (Fsp3) is 0.308. The molecule has 3 rings (SSSR count). The molecular formula is C13H10N2O2. The summed E-state index contributed by atoms with van der Waals surface area (Å²) >= 11 is 0. The molecule has 4 nitrogen and oxygen atoms in total. The van der Waals surface area contributed by atoms with Crippen molar-refractivity contribution >= 4 is 11.8 Å². The number of nitriles is 1. The van der Waals surface area contributed by atoms with Crippen molar-refractivity contribution in [2.24, 2.45) is 11.8 Å². The smallest absolute Gasteiger partial charge is 0.261 e. The highest BCUT2D eigenvalue weighted by molar-refractivity contribution is 6.21. The minimum Gasteiger partial charge on any atom is -0.274 e. The van der Waals surface area contributed by atoms with E-state index in [0.29, 0.717) is 17.7 Å². The lowest BCUT2D eigenvalue weighted by Crippen LogP contribution is -2.32. The lowest BCUT2D eigenvalue weighted by molar-refractivity contribution is 0.0645. The van der Waals surface area contributed by atoms with E-state index in [1.54, 1.807) is 24.3 Å². The van der Waals surface area contributed by atoms with Crippen LogP contribution in [0.4, 0.5) is 0 Å². The van der Waals surface area contributed by atoms with Crippen LogP contribution in [0.3, 0.4) is 0 Å². The summed E-state index contributed by atoms with van der Waals surface area (Å²) < 4.78 is 0. The van der Waals surface area contributed by atoms with E-state index in [-0.39, 0.29) is 23.7 Å². The minimum absolute atomic E-state index is 0.0133. The van der Waals surface area contributed by atoms with Gasteiger partial charge < -0.3 is 0 Å². The topological polar surface area (TPSA) is 61.2 Å². The molecule has 2 atom stereocenters. The van der Waals surface area contributed by atoms with Crippen molar-refractivity contribution < 1.29 is 9.59 Å². The third-order valence-electron chi connectivity index (χ3n) is 3.38. The van der Waals surface area contributed by atoms with E-state index in [1.165, 1.54) is 4.90 Å². The number of amides is 2. The van der Waals surface area contributed by atoms with Crippen molar-refractivity contribution in [2.45, 2.75) is 6.42 Å². The zero-order valence-corrected chi connectivity index (χ0v) is 9.09. The molecule has 17 heavy (non-hydrogen) atoms. The number of imide groups is 1. The van der Waals surface area contributed by atoms with Crippen molar-refractivity contribution in [1.29, 1.82) is 5.26 Å². The molecule has 1 saturated carbocycles. The third kappa shape index (κ3) is 1.43. The van der Waals surface area contributed by atoms with Crippen LogP contribution in [0.15, 0.2) is 24.3 Å². The molecule has 4 heteroatoms. The second-order valence-corrected chi connectivity index (χ2v) is 4.50. The second kappa shape index (κ2) is 3.42. The summed E-state index contributed by atoms with van der Waals surface area (Å²) in [4.78, 5) is 25.2. The molecule has 0 saturated heterocycles. The largest absolute Gasteiger partial charge is 0.274 e. The van der Waals surface area contributed by atoms with Crippen LogP contribution in [0, 0.1) is 23.2 Å². The maximum atomic E-state index is 12.0. The Morgan fingerprint density at radius 2 is 1.82 bits per heavy atom. The van der Waals surface area contributed by atoms with Crippen LogP contribution in [-0.2, 0) is 0 Å². The van der Waals surface area contributed by atoms with Crippen molar-refractivity contribution in [3.05, 3.63) is 35.4 Å². The van der Waals surface area contributed by atoms with E-state index in [1.807, 2.05) is 0 Å². The zero-order chi connectivity index (χ0) is 12.0. The Labute approximate surface area is 98.4 Å².